The van der Waals surface area contributed by atoms with Gasteiger partial charge in [-0.3, -0.25) is 4.79 Å². The van der Waals surface area contributed by atoms with Gasteiger partial charge in [0.15, 0.2) is 0 Å². The van der Waals surface area contributed by atoms with Crippen LogP contribution in [0.25, 0.3) is 10.1 Å². The van der Waals surface area contributed by atoms with Gasteiger partial charge in [-0.2, -0.15) is 5.26 Å². The molecule has 0 radical (unpaired) electrons. The number of carbonyl (C=O) groups excluding carboxylic acids is 1. The molecule has 2 aromatic carbocycles. The summed E-state index contributed by atoms with van der Waals surface area (Å²) < 4.78 is 20.9. The van der Waals surface area contributed by atoms with E-state index in [0.717, 1.165) is 0 Å². The largest absolute Gasteiger partial charge is 0.489 e. The lowest BCUT2D eigenvalue weighted by atomic mass is 10.1. The molecule has 0 aliphatic carbocycles. The molecule has 0 atom stereocenters. The second-order valence-corrected chi connectivity index (χ2v) is 6.81. The molecule has 0 saturated carbocycles. The third-order valence-electron chi connectivity index (χ3n) is 3.99. The Morgan fingerprint density at radius 2 is 2.00 bits per heavy atom. The highest BCUT2D eigenvalue weighted by atomic mass is 32.1. The van der Waals surface area contributed by atoms with E-state index in [2.05, 4.69) is 0 Å². The summed E-state index contributed by atoms with van der Waals surface area (Å²) in [6.07, 6.45) is 0.247. The molecule has 1 heterocycles. The van der Waals surface area contributed by atoms with Crippen molar-refractivity contribution in [1.29, 1.82) is 5.26 Å². The molecule has 26 heavy (non-hydrogen) atoms. The van der Waals surface area contributed by atoms with E-state index in [4.69, 9.17) is 10.00 Å². The minimum atomic E-state index is -0.371. The van der Waals surface area contributed by atoms with Crippen LogP contribution in [-0.2, 0) is 6.61 Å². The first kappa shape index (κ1) is 17.9. The van der Waals surface area contributed by atoms with Crippen LogP contribution in [0.2, 0.25) is 0 Å². The smallest absolute Gasteiger partial charge is 0.264 e. The highest BCUT2D eigenvalue weighted by Crippen LogP contribution is 2.34. The zero-order chi connectivity index (χ0) is 18.5. The Morgan fingerprint density at radius 3 is 2.73 bits per heavy atom. The number of fused-ring (bicyclic) bond motifs is 1. The number of rotatable bonds is 6. The monoisotopic (exact) mass is 368 g/mol. The first-order valence-corrected chi connectivity index (χ1v) is 8.93. The molecule has 1 amide bonds. The Labute approximate surface area is 155 Å². The minimum Gasteiger partial charge on any atom is -0.489 e. The van der Waals surface area contributed by atoms with Crippen LogP contribution in [0.4, 0.5) is 4.39 Å². The van der Waals surface area contributed by atoms with E-state index < -0.39 is 0 Å². The van der Waals surface area contributed by atoms with Gasteiger partial charge in [0.25, 0.3) is 5.91 Å². The van der Waals surface area contributed by atoms with Crippen LogP contribution in [0, 0.1) is 17.1 Å². The Hall–Kier alpha value is -2.91. The number of para-hydroxylation sites is 1. The van der Waals surface area contributed by atoms with Gasteiger partial charge in [0, 0.05) is 29.2 Å². The van der Waals surface area contributed by atoms with Crippen molar-refractivity contribution in [2.75, 3.05) is 13.6 Å². The fraction of sp³-hybridized carbons (Fsp3) is 0.200. The number of carbonyl (C=O) groups is 1. The maximum atomic E-state index is 14.4. The molecule has 1 aromatic heterocycles. The van der Waals surface area contributed by atoms with Crippen molar-refractivity contribution in [3.05, 3.63) is 64.8 Å². The van der Waals surface area contributed by atoms with E-state index >= 15 is 0 Å². The Bertz CT molecular complexity index is 963. The molecule has 0 unspecified atom stereocenters. The molecule has 3 aromatic rings. The van der Waals surface area contributed by atoms with Crippen molar-refractivity contribution in [2.24, 2.45) is 0 Å². The van der Waals surface area contributed by atoms with Crippen molar-refractivity contribution in [2.45, 2.75) is 13.0 Å². The van der Waals surface area contributed by atoms with Gasteiger partial charge >= 0.3 is 0 Å². The molecular weight excluding hydrogens is 351 g/mol. The first-order valence-electron chi connectivity index (χ1n) is 8.12. The minimum absolute atomic E-state index is 0.0953. The number of amides is 1. The standard InChI is InChI=1S/C20H17FN2O2S/c1-23(12-6-11-22)20(24)19-15(13-25-14-7-3-2-4-8-14)18-16(21)9-5-10-17(18)26-19/h2-5,7-10H,6,12-13H2,1H3. The molecule has 132 valence electrons. The van der Waals surface area contributed by atoms with Gasteiger partial charge in [-0.15, -0.1) is 11.3 Å². The molecule has 0 bridgehead atoms. The molecule has 4 nitrogen and oxygen atoms in total. The van der Waals surface area contributed by atoms with E-state index in [9.17, 15) is 9.18 Å². The summed E-state index contributed by atoms with van der Waals surface area (Å²) in [6, 6.07) is 16.0. The predicted octanol–water partition coefficient (Wildman–Crippen LogP) is 4.61. The Morgan fingerprint density at radius 1 is 1.23 bits per heavy atom. The third kappa shape index (κ3) is 3.68. The quantitative estimate of drug-likeness (QED) is 0.639. The van der Waals surface area contributed by atoms with Crippen LogP contribution in [0.1, 0.15) is 21.7 Å². The number of hydrogen-bond donors (Lipinski definition) is 0. The number of thiophene rings is 1. The summed E-state index contributed by atoms with van der Waals surface area (Å²) in [5, 5.41) is 9.15. The maximum Gasteiger partial charge on any atom is 0.264 e. The number of nitriles is 1. The highest BCUT2D eigenvalue weighted by Gasteiger charge is 2.23. The van der Waals surface area contributed by atoms with Crippen molar-refractivity contribution >= 4 is 27.3 Å². The molecule has 6 heteroatoms. The fourth-order valence-electron chi connectivity index (χ4n) is 2.64. The second kappa shape index (κ2) is 7.98. The normalized spacial score (nSPS) is 10.5. The van der Waals surface area contributed by atoms with E-state index in [1.807, 2.05) is 36.4 Å². The van der Waals surface area contributed by atoms with Gasteiger partial charge in [-0.1, -0.05) is 24.3 Å². The van der Waals surface area contributed by atoms with E-state index in [1.54, 1.807) is 19.2 Å². The zero-order valence-electron chi connectivity index (χ0n) is 14.2. The topological polar surface area (TPSA) is 53.3 Å². The lowest BCUT2D eigenvalue weighted by Crippen LogP contribution is -2.27. The van der Waals surface area contributed by atoms with Gasteiger partial charge in [-0.05, 0) is 24.3 Å². The Balaban J connectivity index is 1.98. The molecule has 0 spiro atoms. The lowest BCUT2D eigenvalue weighted by molar-refractivity contribution is 0.0800. The third-order valence-corrected chi connectivity index (χ3v) is 5.17. The number of benzene rings is 2. The second-order valence-electron chi connectivity index (χ2n) is 5.76. The van der Waals surface area contributed by atoms with Crippen molar-refractivity contribution in [1.82, 2.24) is 4.90 Å². The summed E-state index contributed by atoms with van der Waals surface area (Å²) in [6.45, 7) is 0.420. The van der Waals surface area contributed by atoms with Crippen LogP contribution < -0.4 is 4.74 Å². The van der Waals surface area contributed by atoms with Crippen molar-refractivity contribution in [3.63, 3.8) is 0 Å². The number of halogens is 1. The van der Waals surface area contributed by atoms with Gasteiger partial charge in [0.2, 0.25) is 0 Å². The predicted molar refractivity (Wildman–Crippen MR) is 99.7 cm³/mol. The molecule has 0 N–H and O–H groups in total. The van der Waals surface area contributed by atoms with Gasteiger partial charge in [0.1, 0.15) is 18.2 Å². The van der Waals surface area contributed by atoms with Gasteiger partial charge in [0.05, 0.1) is 17.4 Å². The van der Waals surface area contributed by atoms with E-state index in [-0.39, 0.29) is 24.8 Å². The Kier molecular flexibility index (Phi) is 5.49. The summed E-state index contributed by atoms with van der Waals surface area (Å²) in [4.78, 5) is 14.7. The fourth-order valence-corrected chi connectivity index (χ4v) is 3.86. The summed E-state index contributed by atoms with van der Waals surface area (Å²) in [5.74, 6) is 0.0519. The van der Waals surface area contributed by atoms with Crippen LogP contribution in [-0.4, -0.2) is 24.4 Å². The lowest BCUT2D eigenvalue weighted by Gasteiger charge is -2.16. The molecule has 0 aliphatic heterocycles. The molecule has 3 rings (SSSR count). The van der Waals surface area contributed by atoms with Crippen molar-refractivity contribution < 1.29 is 13.9 Å². The average molecular weight is 368 g/mol. The average Bonchev–Trinajstić information content (AvgIpc) is 3.04. The van der Waals surface area contributed by atoms with Crippen molar-refractivity contribution in [3.8, 4) is 11.8 Å². The van der Waals surface area contributed by atoms with Gasteiger partial charge in [-0.25, -0.2) is 4.39 Å². The van der Waals surface area contributed by atoms with Crippen LogP contribution >= 0.6 is 11.3 Å². The van der Waals surface area contributed by atoms with Crippen LogP contribution in [0.15, 0.2) is 48.5 Å². The molecule has 0 saturated heterocycles. The molecule has 0 aliphatic rings. The van der Waals surface area contributed by atoms with Gasteiger partial charge < -0.3 is 9.64 Å². The SMILES string of the molecule is CN(CCC#N)C(=O)c1sc2cccc(F)c2c1COc1ccccc1. The summed E-state index contributed by atoms with van der Waals surface area (Å²) in [5.41, 5.74) is 0.542. The first-order chi connectivity index (χ1) is 12.6. The summed E-state index contributed by atoms with van der Waals surface area (Å²) in [7, 11) is 1.64. The number of ether oxygens (including phenoxy) is 1. The number of hydrogen-bond acceptors (Lipinski definition) is 4. The zero-order valence-corrected chi connectivity index (χ0v) is 15.1. The molecular formula is C20H17FN2O2S. The van der Waals surface area contributed by atoms with E-state index in [1.165, 1.54) is 22.3 Å². The van der Waals surface area contributed by atoms with Crippen LogP contribution in [0.3, 0.4) is 0 Å². The van der Waals surface area contributed by atoms with E-state index in [0.29, 0.717) is 32.8 Å². The maximum absolute atomic E-state index is 14.4. The molecule has 0 fully saturated rings. The number of nitrogens with zero attached hydrogens (tertiary/aromatic N) is 2. The summed E-state index contributed by atoms with van der Waals surface area (Å²) >= 11 is 1.25. The highest BCUT2D eigenvalue weighted by molar-refractivity contribution is 7.21. The van der Waals surface area contributed by atoms with Crippen LogP contribution in [0.5, 0.6) is 5.75 Å².